The maximum atomic E-state index is 5.63. The summed E-state index contributed by atoms with van der Waals surface area (Å²) in [6.45, 7) is 0. The zero-order chi connectivity index (χ0) is 5.11. The van der Waals surface area contributed by atoms with Crippen molar-refractivity contribution < 1.29 is 24.8 Å². The van der Waals surface area contributed by atoms with Crippen molar-refractivity contribution in [2.24, 2.45) is 0 Å². The van der Waals surface area contributed by atoms with Gasteiger partial charge in [0.25, 0.3) is 0 Å². The van der Waals surface area contributed by atoms with Crippen LogP contribution in [0.15, 0.2) is 0 Å². The average Bonchev–Trinajstić information content (AvgIpc) is 1.69. The third-order valence-corrected chi connectivity index (χ3v) is 1.65. The van der Waals surface area contributed by atoms with Crippen molar-refractivity contribution in [3.63, 3.8) is 0 Å². The molecule has 0 saturated heterocycles. The van der Waals surface area contributed by atoms with E-state index in [2.05, 4.69) is 0 Å². The van der Waals surface area contributed by atoms with Crippen LogP contribution in [-0.4, -0.2) is 7.85 Å². The van der Waals surface area contributed by atoms with Gasteiger partial charge in [-0.05, 0) is 0 Å². The zero-order valence-electron chi connectivity index (χ0n) is 5.45. The van der Waals surface area contributed by atoms with Crippen LogP contribution in [0, 0.1) is 0 Å². The summed E-state index contributed by atoms with van der Waals surface area (Å²) in [5.74, 6) is 0.536. The second-order valence-corrected chi connectivity index (χ2v) is 2.40. The van der Waals surface area contributed by atoms with Crippen LogP contribution >= 0.6 is 0 Å². The molecule has 0 bridgehead atoms. The molecular formula is C6H11BCl2. The molecule has 1 rings (SSSR count). The molecule has 0 spiro atoms. The van der Waals surface area contributed by atoms with Crippen molar-refractivity contribution >= 4 is 7.85 Å². The van der Waals surface area contributed by atoms with Crippen LogP contribution in [0.3, 0.4) is 0 Å². The topological polar surface area (TPSA) is 0 Å². The third-order valence-electron chi connectivity index (χ3n) is 1.65. The Morgan fingerprint density at radius 3 is 1.56 bits per heavy atom. The summed E-state index contributed by atoms with van der Waals surface area (Å²) < 4.78 is 0. The molecule has 0 aromatic carbocycles. The van der Waals surface area contributed by atoms with E-state index < -0.39 is 0 Å². The first-order chi connectivity index (χ1) is 3.39. The van der Waals surface area contributed by atoms with Crippen molar-refractivity contribution in [3.05, 3.63) is 0 Å². The number of rotatable bonds is 0. The van der Waals surface area contributed by atoms with Gasteiger partial charge in [-0.2, -0.15) is 0 Å². The summed E-state index contributed by atoms with van der Waals surface area (Å²) in [5.41, 5.74) is 0. The maximum absolute atomic E-state index is 5.63. The molecule has 1 saturated carbocycles. The normalized spacial score (nSPS) is 19.8. The minimum atomic E-state index is 0. The first-order valence-corrected chi connectivity index (χ1v) is 3.15. The molecule has 52 valence electrons. The van der Waals surface area contributed by atoms with E-state index in [9.17, 15) is 0 Å². The predicted molar refractivity (Wildman–Crippen MR) is 32.6 cm³/mol. The van der Waals surface area contributed by atoms with Crippen molar-refractivity contribution in [3.8, 4) is 0 Å². The fraction of sp³-hybridized carbons (Fsp3) is 1.00. The van der Waals surface area contributed by atoms with Crippen molar-refractivity contribution in [1.82, 2.24) is 0 Å². The molecule has 9 heavy (non-hydrogen) atoms. The molecule has 0 radical (unpaired) electrons. The van der Waals surface area contributed by atoms with E-state index in [0.717, 1.165) is 0 Å². The maximum Gasteiger partial charge on any atom is -1.00 e. The Hall–Kier alpha value is 0.645. The van der Waals surface area contributed by atoms with Crippen LogP contribution < -0.4 is 24.8 Å². The molecule has 3 heteroatoms. The van der Waals surface area contributed by atoms with Gasteiger partial charge in [0.05, 0.1) is 0 Å². The van der Waals surface area contributed by atoms with Gasteiger partial charge in [-0.25, -0.2) is 0 Å². The fourth-order valence-electron chi connectivity index (χ4n) is 1.13. The van der Waals surface area contributed by atoms with Crippen LogP contribution in [0.5, 0.6) is 0 Å². The minimum Gasteiger partial charge on any atom is -1.00 e. The molecule has 1 fully saturated rings. The van der Waals surface area contributed by atoms with E-state index in [0.29, 0.717) is 5.82 Å². The molecule has 0 aliphatic heterocycles. The van der Waals surface area contributed by atoms with Gasteiger partial charge in [0, 0.05) is 0 Å². The Labute approximate surface area is 71.0 Å². The average molecular weight is 165 g/mol. The number of hydrogen-bond donors (Lipinski definition) is 0. The van der Waals surface area contributed by atoms with E-state index in [1.54, 1.807) is 0 Å². The van der Waals surface area contributed by atoms with Crippen molar-refractivity contribution in [2.45, 2.75) is 37.9 Å². The predicted octanol–water partition coefficient (Wildman–Crippen LogP) is -4.08. The van der Waals surface area contributed by atoms with Crippen LogP contribution in [0.1, 0.15) is 32.1 Å². The van der Waals surface area contributed by atoms with Crippen molar-refractivity contribution in [1.29, 1.82) is 0 Å². The monoisotopic (exact) mass is 164 g/mol. The molecule has 1 aliphatic carbocycles. The quantitative estimate of drug-likeness (QED) is 0.320. The van der Waals surface area contributed by atoms with E-state index in [1.165, 1.54) is 32.1 Å². The van der Waals surface area contributed by atoms with Gasteiger partial charge < -0.3 is 24.8 Å². The molecule has 1 aliphatic rings. The van der Waals surface area contributed by atoms with Gasteiger partial charge in [-0.1, -0.05) is 0 Å². The Morgan fingerprint density at radius 2 is 1.33 bits per heavy atom. The van der Waals surface area contributed by atoms with Gasteiger partial charge in [0.15, 0.2) is 0 Å². The van der Waals surface area contributed by atoms with Gasteiger partial charge >= 0.3 is 45.8 Å². The summed E-state index contributed by atoms with van der Waals surface area (Å²) in [6, 6.07) is 0. The molecule has 0 aromatic heterocycles. The molecular weight excluding hydrogens is 154 g/mol. The number of hydrogen-bond acceptors (Lipinski definition) is 0. The second kappa shape index (κ2) is 6.76. The van der Waals surface area contributed by atoms with Gasteiger partial charge in [0.2, 0.25) is 0 Å². The molecule has 0 N–H and O–H groups in total. The number of halogens is 2. The minimum absolute atomic E-state index is 0. The van der Waals surface area contributed by atoms with Crippen LogP contribution in [0.2, 0.25) is 5.82 Å². The Balaban J connectivity index is 0. The van der Waals surface area contributed by atoms with Gasteiger partial charge in [-0.3, -0.25) is 0 Å². The van der Waals surface area contributed by atoms with Gasteiger partial charge in [0.1, 0.15) is 0 Å². The first-order valence-electron chi connectivity index (χ1n) is 3.15. The van der Waals surface area contributed by atoms with Gasteiger partial charge in [-0.15, -0.1) is 0 Å². The molecule has 0 aromatic rings. The van der Waals surface area contributed by atoms with Crippen LogP contribution in [0.25, 0.3) is 0 Å². The third kappa shape index (κ3) is 5.11. The molecule has 0 atom stereocenters. The summed E-state index contributed by atoms with van der Waals surface area (Å²) in [6.07, 6.45) is 6.66. The standard InChI is InChI=1S/C6H11B.2ClH/c7-6-4-2-1-3-5-6;;/h6H,1-5H2;2*1H/q+2;;/p-2. The SMILES string of the molecule is [B+2]C1CCCCC1.[Cl-].[Cl-]. The van der Waals surface area contributed by atoms with E-state index in [4.69, 9.17) is 7.85 Å². The summed E-state index contributed by atoms with van der Waals surface area (Å²) in [7, 11) is 5.63. The largest absolute Gasteiger partial charge is 1.00 e. The Kier molecular flexibility index (Phi) is 9.26. The molecule has 0 unspecified atom stereocenters. The smallest absolute Gasteiger partial charge is 1.00 e. The molecule has 0 nitrogen and oxygen atoms in total. The summed E-state index contributed by atoms with van der Waals surface area (Å²) in [4.78, 5) is 0. The van der Waals surface area contributed by atoms with E-state index >= 15 is 0 Å². The first kappa shape index (κ1) is 12.3. The fourth-order valence-corrected chi connectivity index (χ4v) is 1.13. The van der Waals surface area contributed by atoms with Crippen molar-refractivity contribution in [2.75, 3.05) is 0 Å². The summed E-state index contributed by atoms with van der Waals surface area (Å²) >= 11 is 0. The molecule has 0 amide bonds. The Morgan fingerprint density at radius 1 is 0.889 bits per heavy atom. The van der Waals surface area contributed by atoms with Crippen LogP contribution in [-0.2, 0) is 0 Å². The second-order valence-electron chi connectivity index (χ2n) is 2.40. The molecule has 0 heterocycles. The summed E-state index contributed by atoms with van der Waals surface area (Å²) in [5, 5.41) is 0. The van der Waals surface area contributed by atoms with Crippen LogP contribution in [0.4, 0.5) is 0 Å². The zero-order valence-corrected chi connectivity index (χ0v) is 6.96. The van der Waals surface area contributed by atoms with E-state index in [-0.39, 0.29) is 24.8 Å². The Bertz CT molecular complexity index is 53.0. The van der Waals surface area contributed by atoms with E-state index in [1.807, 2.05) is 0 Å².